The van der Waals surface area contributed by atoms with Crippen LogP contribution >= 0.6 is 0 Å². The predicted octanol–water partition coefficient (Wildman–Crippen LogP) is 3.16. The molecule has 0 bridgehead atoms. The summed E-state index contributed by atoms with van der Waals surface area (Å²) in [5.74, 6) is -1.35. The lowest BCUT2D eigenvalue weighted by Gasteiger charge is -2.08. The van der Waals surface area contributed by atoms with Gasteiger partial charge in [0.15, 0.2) is 0 Å². The Balaban J connectivity index is 2.87. The van der Waals surface area contributed by atoms with Crippen molar-refractivity contribution in [2.24, 2.45) is 5.22 Å². The lowest BCUT2D eigenvalue weighted by molar-refractivity contribution is -0.140. The van der Waals surface area contributed by atoms with Gasteiger partial charge in [-0.15, -0.1) is 5.53 Å². The van der Waals surface area contributed by atoms with Crippen molar-refractivity contribution in [3.63, 3.8) is 0 Å². The summed E-state index contributed by atoms with van der Waals surface area (Å²) >= 11 is 0. The van der Waals surface area contributed by atoms with Crippen LogP contribution in [0.3, 0.4) is 0 Å². The van der Waals surface area contributed by atoms with E-state index in [-0.39, 0.29) is 12.1 Å². The third kappa shape index (κ3) is 3.03. The van der Waals surface area contributed by atoms with Gasteiger partial charge in [-0.25, -0.2) is 4.39 Å². The highest BCUT2D eigenvalue weighted by atomic mass is 19.4. The Bertz CT molecular complexity index is 423. The largest absolute Gasteiger partial charge is 0.419 e. The first kappa shape index (κ1) is 12.1. The molecule has 0 aliphatic rings. The fraction of sp³-hybridized carbons (Fsp3) is 0.250. The van der Waals surface area contributed by atoms with Crippen molar-refractivity contribution >= 4 is 0 Å². The molecule has 1 N–H and O–H groups in total. The third-order valence-corrected chi connectivity index (χ3v) is 1.74. The zero-order valence-electron chi connectivity index (χ0n) is 7.79. The summed E-state index contributed by atoms with van der Waals surface area (Å²) in [7, 11) is 0. The minimum Gasteiger partial charge on any atom is -0.257 e. The van der Waals surface area contributed by atoms with E-state index in [1.54, 1.807) is 0 Å². The van der Waals surface area contributed by atoms with Gasteiger partial charge in [-0.05, 0) is 22.9 Å². The van der Waals surface area contributed by atoms with E-state index in [1.807, 2.05) is 0 Å². The van der Waals surface area contributed by atoms with Crippen molar-refractivity contribution in [3.05, 3.63) is 45.6 Å². The van der Waals surface area contributed by atoms with Gasteiger partial charge in [0.25, 0.3) is 0 Å². The van der Waals surface area contributed by atoms with Gasteiger partial charge < -0.3 is 0 Å². The normalized spacial score (nSPS) is 10.8. The molecule has 0 aliphatic heterocycles. The quantitative estimate of drug-likeness (QED) is 0.282. The van der Waals surface area contributed by atoms with Crippen LogP contribution in [0.15, 0.2) is 23.4 Å². The van der Waals surface area contributed by atoms with Crippen molar-refractivity contribution in [1.29, 1.82) is 0 Å². The molecular formula is C8H6F4N4. The summed E-state index contributed by atoms with van der Waals surface area (Å²) in [5, 5.41) is 2.95. The van der Waals surface area contributed by atoms with E-state index in [0.717, 1.165) is 12.1 Å². The molecule has 4 nitrogen and oxygen atoms in total. The lowest BCUT2D eigenvalue weighted by atomic mass is 10.1. The zero-order chi connectivity index (χ0) is 12.2. The number of hydrogen-bond donors (Lipinski definition) is 1. The van der Waals surface area contributed by atoms with E-state index in [1.165, 1.54) is 0 Å². The highest BCUT2D eigenvalue weighted by molar-refractivity contribution is 5.26. The molecule has 0 aromatic heterocycles. The standard InChI is InChI=1S/C8H6F4N4/c9-7-3-5(4-14-16-15-13)1-2-6(7)8(10,11)12/h1-3,14H,4H2. The van der Waals surface area contributed by atoms with E-state index in [2.05, 4.69) is 15.6 Å². The monoisotopic (exact) mass is 234 g/mol. The van der Waals surface area contributed by atoms with Gasteiger partial charge in [-0.1, -0.05) is 6.07 Å². The van der Waals surface area contributed by atoms with Gasteiger partial charge in [0.1, 0.15) is 12.4 Å². The van der Waals surface area contributed by atoms with Crippen LogP contribution in [0.2, 0.25) is 0 Å². The van der Waals surface area contributed by atoms with E-state index in [0.29, 0.717) is 6.07 Å². The Hall–Kier alpha value is -1.95. The highest BCUT2D eigenvalue weighted by Crippen LogP contribution is 2.31. The number of nitrogens with one attached hydrogen (secondary N) is 1. The minimum absolute atomic E-state index is 0.0425. The van der Waals surface area contributed by atoms with Crippen molar-refractivity contribution < 1.29 is 17.6 Å². The fourth-order valence-corrected chi connectivity index (χ4v) is 1.06. The topological polar surface area (TPSA) is 60.8 Å². The summed E-state index contributed by atoms with van der Waals surface area (Å²) in [6.45, 7) is -0.0425. The van der Waals surface area contributed by atoms with Crippen LogP contribution in [0.1, 0.15) is 11.1 Å². The van der Waals surface area contributed by atoms with Crippen molar-refractivity contribution in [2.45, 2.75) is 12.7 Å². The first-order valence-electron chi connectivity index (χ1n) is 4.07. The molecule has 0 saturated carbocycles. The van der Waals surface area contributed by atoms with Crippen molar-refractivity contribution in [1.82, 2.24) is 5.43 Å². The Morgan fingerprint density at radius 1 is 1.38 bits per heavy atom. The van der Waals surface area contributed by atoms with E-state index in [4.69, 9.17) is 5.53 Å². The average molecular weight is 234 g/mol. The first-order chi connectivity index (χ1) is 7.45. The number of rotatable bonds is 3. The average Bonchev–Trinajstić information content (AvgIpc) is 2.16. The van der Waals surface area contributed by atoms with Gasteiger partial charge in [-0.3, -0.25) is 5.43 Å². The van der Waals surface area contributed by atoms with Gasteiger partial charge in [0.05, 0.1) is 5.56 Å². The number of alkyl halides is 3. The molecule has 1 rings (SSSR count). The first-order valence-corrected chi connectivity index (χ1v) is 4.07. The summed E-state index contributed by atoms with van der Waals surface area (Å²) in [6.07, 6.45) is -4.71. The van der Waals surface area contributed by atoms with Gasteiger partial charge in [0, 0.05) is 0 Å². The molecule has 1 aromatic carbocycles. The molecule has 0 radical (unpaired) electrons. The summed E-state index contributed by atoms with van der Waals surface area (Å²) in [5.41, 5.74) is 9.05. The maximum Gasteiger partial charge on any atom is 0.419 e. The molecule has 0 heterocycles. The number of hydrogen-bond acceptors (Lipinski definition) is 1. The number of benzene rings is 1. The van der Waals surface area contributed by atoms with Crippen LogP contribution < -0.4 is 5.43 Å². The Morgan fingerprint density at radius 2 is 2.06 bits per heavy atom. The van der Waals surface area contributed by atoms with Gasteiger partial charge >= 0.3 is 6.18 Å². The molecule has 0 amide bonds. The summed E-state index contributed by atoms with van der Waals surface area (Å²) < 4.78 is 49.5. The minimum atomic E-state index is -4.71. The van der Waals surface area contributed by atoms with E-state index in [9.17, 15) is 17.6 Å². The van der Waals surface area contributed by atoms with Crippen molar-refractivity contribution in [2.75, 3.05) is 0 Å². The van der Waals surface area contributed by atoms with Crippen molar-refractivity contribution in [3.8, 4) is 0 Å². The van der Waals surface area contributed by atoms with Gasteiger partial charge in [-0.2, -0.15) is 18.1 Å². The molecule has 0 atom stereocenters. The maximum absolute atomic E-state index is 13.0. The van der Waals surface area contributed by atoms with E-state index < -0.39 is 17.6 Å². The lowest BCUT2D eigenvalue weighted by Crippen LogP contribution is -2.10. The summed E-state index contributed by atoms with van der Waals surface area (Å²) in [4.78, 5) is 2.37. The second kappa shape index (κ2) is 4.71. The predicted molar refractivity (Wildman–Crippen MR) is 47.4 cm³/mol. The maximum atomic E-state index is 13.0. The van der Waals surface area contributed by atoms with Gasteiger partial charge in [0.2, 0.25) is 0 Å². The van der Waals surface area contributed by atoms with Crippen LogP contribution in [0.4, 0.5) is 17.6 Å². The molecule has 0 aliphatic carbocycles. The second-order valence-corrected chi connectivity index (χ2v) is 2.84. The number of halogens is 4. The fourth-order valence-electron chi connectivity index (χ4n) is 1.06. The molecule has 0 saturated heterocycles. The second-order valence-electron chi connectivity index (χ2n) is 2.84. The highest BCUT2D eigenvalue weighted by Gasteiger charge is 2.33. The number of nitrogens with zero attached hydrogens (tertiary/aromatic N) is 3. The van der Waals surface area contributed by atoms with Crippen LogP contribution in [-0.2, 0) is 12.7 Å². The Morgan fingerprint density at radius 3 is 2.56 bits per heavy atom. The molecule has 86 valence electrons. The van der Waals surface area contributed by atoms with Crippen LogP contribution in [0.5, 0.6) is 0 Å². The molecule has 8 heteroatoms. The summed E-state index contributed by atoms with van der Waals surface area (Å²) in [6, 6.07) is 2.48. The molecule has 0 spiro atoms. The zero-order valence-corrected chi connectivity index (χ0v) is 7.79. The molecule has 16 heavy (non-hydrogen) atoms. The number of azide groups is 1. The van der Waals surface area contributed by atoms with Crippen LogP contribution in [-0.4, -0.2) is 0 Å². The molecular weight excluding hydrogens is 228 g/mol. The molecule has 0 fully saturated rings. The SMILES string of the molecule is [N-]=[N+]=NNCc1ccc(C(F)(F)F)c(F)c1. The Kier molecular flexibility index (Phi) is 3.57. The molecule has 1 aromatic rings. The third-order valence-electron chi connectivity index (χ3n) is 1.74. The molecule has 0 unspecified atom stereocenters. The van der Waals surface area contributed by atoms with E-state index >= 15 is 0 Å². The smallest absolute Gasteiger partial charge is 0.257 e. The Labute approximate surface area is 87.5 Å². The van der Waals surface area contributed by atoms with Crippen LogP contribution in [0, 0.1) is 5.82 Å². The van der Waals surface area contributed by atoms with Crippen LogP contribution in [0.25, 0.3) is 10.4 Å².